The van der Waals surface area contributed by atoms with Crippen molar-refractivity contribution in [2.75, 3.05) is 31.0 Å². The first-order valence-corrected chi connectivity index (χ1v) is 10.7. The molecule has 33 heavy (non-hydrogen) atoms. The molecule has 2 amide bonds. The zero-order valence-electron chi connectivity index (χ0n) is 17.2. The molecule has 0 fully saturated rings. The molecule has 0 saturated heterocycles. The Hall–Kier alpha value is -3.08. The maximum atomic E-state index is 13.2. The average Bonchev–Trinajstić information content (AvgIpc) is 3.30. The first kappa shape index (κ1) is 24.6. The van der Waals surface area contributed by atoms with Crippen molar-refractivity contribution in [3.8, 4) is 5.75 Å². The third-order valence-corrected chi connectivity index (χ3v) is 5.52. The van der Waals surface area contributed by atoms with Crippen molar-refractivity contribution in [1.29, 1.82) is 0 Å². The predicted molar refractivity (Wildman–Crippen MR) is 120 cm³/mol. The molecule has 2 N–H and O–H groups in total. The molecule has 174 valence electrons. The van der Waals surface area contributed by atoms with Gasteiger partial charge in [-0.3, -0.25) is 9.59 Å². The standard InChI is InChI=1S/C22H18ClF3N2O4S/c1-31-8-9-32-18-7-5-14(22(24,25)26)12-17(18)28-20(29)13-4-6-15(23)16(11-13)27-21(30)19-3-2-10-33-19/h2-7,10-12H,8-9H2,1H3,(H,27,30)(H,28,29). The van der Waals surface area contributed by atoms with E-state index in [4.69, 9.17) is 21.1 Å². The molecule has 0 aliphatic rings. The number of thiophene rings is 1. The van der Waals surface area contributed by atoms with Gasteiger partial charge in [-0.15, -0.1) is 11.3 Å². The van der Waals surface area contributed by atoms with E-state index >= 15 is 0 Å². The van der Waals surface area contributed by atoms with Gasteiger partial charge in [-0.05, 0) is 47.8 Å². The zero-order chi connectivity index (χ0) is 24.0. The summed E-state index contributed by atoms with van der Waals surface area (Å²) in [4.78, 5) is 25.6. The van der Waals surface area contributed by atoms with E-state index < -0.39 is 23.6 Å². The quantitative estimate of drug-likeness (QED) is 0.376. The lowest BCUT2D eigenvalue weighted by Gasteiger charge is -2.16. The lowest BCUT2D eigenvalue weighted by Crippen LogP contribution is -2.16. The van der Waals surface area contributed by atoms with Gasteiger partial charge in [0.2, 0.25) is 0 Å². The fourth-order valence-corrected chi connectivity index (χ4v) is 3.50. The Morgan fingerprint density at radius 1 is 1.00 bits per heavy atom. The molecule has 11 heteroatoms. The number of carbonyl (C=O) groups excluding carboxylic acids is 2. The molecule has 0 unspecified atom stereocenters. The van der Waals surface area contributed by atoms with Crippen LogP contribution in [0.5, 0.6) is 5.75 Å². The van der Waals surface area contributed by atoms with Crippen LogP contribution in [-0.4, -0.2) is 32.1 Å². The minimum Gasteiger partial charge on any atom is -0.489 e. The summed E-state index contributed by atoms with van der Waals surface area (Å²) in [6, 6.07) is 10.2. The fraction of sp³-hybridized carbons (Fsp3) is 0.182. The number of benzene rings is 2. The number of alkyl halides is 3. The maximum Gasteiger partial charge on any atom is 0.416 e. The number of ether oxygens (including phenoxy) is 2. The number of hydrogen-bond acceptors (Lipinski definition) is 5. The van der Waals surface area contributed by atoms with E-state index in [1.807, 2.05) is 0 Å². The van der Waals surface area contributed by atoms with Crippen LogP contribution in [0.1, 0.15) is 25.6 Å². The summed E-state index contributed by atoms with van der Waals surface area (Å²) in [5.41, 5.74) is -0.855. The number of anilines is 2. The third-order valence-electron chi connectivity index (χ3n) is 4.32. The van der Waals surface area contributed by atoms with Gasteiger partial charge in [0.15, 0.2) is 0 Å². The number of amides is 2. The number of hydrogen-bond donors (Lipinski definition) is 2. The molecule has 1 aromatic heterocycles. The number of carbonyl (C=O) groups is 2. The molecule has 1 heterocycles. The summed E-state index contributed by atoms with van der Waals surface area (Å²) in [7, 11) is 1.45. The number of nitrogens with one attached hydrogen (secondary N) is 2. The molecule has 0 saturated carbocycles. The van der Waals surface area contributed by atoms with Gasteiger partial charge in [-0.2, -0.15) is 13.2 Å². The van der Waals surface area contributed by atoms with Gasteiger partial charge in [0, 0.05) is 12.7 Å². The first-order chi connectivity index (χ1) is 15.7. The van der Waals surface area contributed by atoms with Crippen molar-refractivity contribution < 1.29 is 32.2 Å². The van der Waals surface area contributed by atoms with Gasteiger partial charge in [0.25, 0.3) is 11.8 Å². The Bertz CT molecular complexity index is 1140. The van der Waals surface area contributed by atoms with Crippen LogP contribution in [0.15, 0.2) is 53.9 Å². The van der Waals surface area contributed by atoms with Crippen molar-refractivity contribution in [2.24, 2.45) is 0 Å². The normalized spacial score (nSPS) is 11.2. The van der Waals surface area contributed by atoms with E-state index in [0.717, 1.165) is 18.2 Å². The highest BCUT2D eigenvalue weighted by atomic mass is 35.5. The highest BCUT2D eigenvalue weighted by Gasteiger charge is 2.31. The van der Waals surface area contributed by atoms with Gasteiger partial charge in [-0.25, -0.2) is 0 Å². The first-order valence-electron chi connectivity index (χ1n) is 9.48. The van der Waals surface area contributed by atoms with Crippen LogP contribution in [0.3, 0.4) is 0 Å². The number of rotatable bonds is 8. The minimum atomic E-state index is -4.61. The van der Waals surface area contributed by atoms with E-state index in [2.05, 4.69) is 10.6 Å². The van der Waals surface area contributed by atoms with Crippen molar-refractivity contribution in [3.05, 3.63) is 74.9 Å². The Kier molecular flexibility index (Phi) is 7.96. The highest BCUT2D eigenvalue weighted by Crippen LogP contribution is 2.35. The monoisotopic (exact) mass is 498 g/mol. The van der Waals surface area contributed by atoms with Crippen LogP contribution < -0.4 is 15.4 Å². The number of halogens is 4. The Morgan fingerprint density at radius 3 is 2.42 bits per heavy atom. The fourth-order valence-electron chi connectivity index (χ4n) is 2.71. The molecule has 0 aliphatic carbocycles. The van der Waals surface area contributed by atoms with Gasteiger partial charge in [0.05, 0.1) is 33.4 Å². The van der Waals surface area contributed by atoms with Crippen molar-refractivity contribution >= 4 is 46.1 Å². The second kappa shape index (κ2) is 10.7. The Morgan fingerprint density at radius 2 is 1.76 bits per heavy atom. The molecular weight excluding hydrogens is 481 g/mol. The van der Waals surface area contributed by atoms with Crippen LogP contribution >= 0.6 is 22.9 Å². The van der Waals surface area contributed by atoms with Crippen molar-refractivity contribution in [3.63, 3.8) is 0 Å². The second-order valence-electron chi connectivity index (χ2n) is 6.63. The topological polar surface area (TPSA) is 76.7 Å². The van der Waals surface area contributed by atoms with Crippen LogP contribution in [0, 0.1) is 0 Å². The maximum absolute atomic E-state index is 13.2. The summed E-state index contributed by atoms with van der Waals surface area (Å²) < 4.78 is 49.8. The summed E-state index contributed by atoms with van der Waals surface area (Å²) in [5.74, 6) is -1.07. The Labute approximate surface area is 196 Å². The van der Waals surface area contributed by atoms with Gasteiger partial charge < -0.3 is 20.1 Å². The number of methoxy groups -OCH3 is 1. The van der Waals surface area contributed by atoms with E-state index in [-0.39, 0.29) is 40.9 Å². The lowest BCUT2D eigenvalue weighted by atomic mass is 10.1. The van der Waals surface area contributed by atoms with Gasteiger partial charge >= 0.3 is 6.18 Å². The SMILES string of the molecule is COCCOc1ccc(C(F)(F)F)cc1NC(=O)c1ccc(Cl)c(NC(=O)c2cccs2)c1. The summed E-state index contributed by atoms with van der Waals surface area (Å²) in [6.07, 6.45) is -4.61. The molecule has 0 radical (unpaired) electrons. The van der Waals surface area contributed by atoms with E-state index in [1.165, 1.54) is 36.6 Å². The molecule has 0 spiro atoms. The predicted octanol–water partition coefficient (Wildman–Crippen LogP) is 5.95. The van der Waals surface area contributed by atoms with E-state index in [9.17, 15) is 22.8 Å². The summed E-state index contributed by atoms with van der Waals surface area (Å²) in [5, 5.41) is 6.99. The van der Waals surface area contributed by atoms with Crippen molar-refractivity contribution in [2.45, 2.75) is 6.18 Å². The largest absolute Gasteiger partial charge is 0.489 e. The lowest BCUT2D eigenvalue weighted by molar-refractivity contribution is -0.137. The second-order valence-corrected chi connectivity index (χ2v) is 7.99. The molecule has 3 rings (SSSR count). The summed E-state index contributed by atoms with van der Waals surface area (Å²) >= 11 is 7.37. The van der Waals surface area contributed by atoms with Crippen LogP contribution in [0.4, 0.5) is 24.5 Å². The molecular formula is C22H18ClF3N2O4S. The molecule has 3 aromatic rings. The van der Waals surface area contributed by atoms with E-state index in [1.54, 1.807) is 17.5 Å². The zero-order valence-corrected chi connectivity index (χ0v) is 18.7. The van der Waals surface area contributed by atoms with Gasteiger partial charge in [0.1, 0.15) is 12.4 Å². The average molecular weight is 499 g/mol. The molecule has 0 aliphatic heterocycles. The van der Waals surface area contributed by atoms with Crippen LogP contribution in [0.25, 0.3) is 0 Å². The van der Waals surface area contributed by atoms with Gasteiger partial charge in [-0.1, -0.05) is 17.7 Å². The molecule has 2 aromatic carbocycles. The smallest absolute Gasteiger partial charge is 0.416 e. The van der Waals surface area contributed by atoms with Crippen LogP contribution in [0.2, 0.25) is 5.02 Å². The molecule has 0 atom stereocenters. The minimum absolute atomic E-state index is 0.0496. The highest BCUT2D eigenvalue weighted by molar-refractivity contribution is 7.12. The third kappa shape index (κ3) is 6.47. The Balaban J connectivity index is 1.84. The van der Waals surface area contributed by atoms with Crippen LogP contribution in [-0.2, 0) is 10.9 Å². The molecule has 0 bridgehead atoms. The summed E-state index contributed by atoms with van der Waals surface area (Å²) in [6.45, 7) is 0.281. The van der Waals surface area contributed by atoms with Crippen molar-refractivity contribution in [1.82, 2.24) is 0 Å². The molecule has 6 nitrogen and oxygen atoms in total. The van der Waals surface area contributed by atoms with E-state index in [0.29, 0.717) is 4.88 Å².